The molecule has 0 heterocycles. The molecule has 2 aromatic rings. The van der Waals surface area contributed by atoms with Crippen LogP contribution in [-0.4, -0.2) is 7.05 Å². The minimum absolute atomic E-state index is 0.766. The number of rotatable bonds is 3. The third kappa shape index (κ3) is 3.27. The third-order valence-electron chi connectivity index (χ3n) is 2.72. The van der Waals surface area contributed by atoms with Gasteiger partial charge in [-0.2, -0.15) is 0 Å². The molecule has 0 aliphatic rings. The van der Waals surface area contributed by atoms with Gasteiger partial charge in [0.15, 0.2) is 0 Å². The summed E-state index contributed by atoms with van der Waals surface area (Å²) in [5, 5.41) is 0. The van der Waals surface area contributed by atoms with Gasteiger partial charge in [0.1, 0.15) is 0 Å². The molecule has 2 aromatic carbocycles. The molecular formula is C14H14Br2N2. The second-order valence-electron chi connectivity index (χ2n) is 4.19. The number of nitrogens with two attached hydrogens (primary N) is 1. The van der Waals surface area contributed by atoms with E-state index in [1.54, 1.807) is 0 Å². The Balaban J connectivity index is 2.16. The van der Waals surface area contributed by atoms with E-state index in [4.69, 9.17) is 5.73 Å². The van der Waals surface area contributed by atoms with Crippen LogP contribution in [0, 0.1) is 0 Å². The molecule has 0 atom stereocenters. The maximum absolute atomic E-state index is 5.74. The van der Waals surface area contributed by atoms with Crippen molar-refractivity contribution in [2.75, 3.05) is 17.7 Å². The molecule has 0 unspecified atom stereocenters. The Kier molecular flexibility index (Phi) is 4.30. The van der Waals surface area contributed by atoms with E-state index in [0.29, 0.717) is 0 Å². The van der Waals surface area contributed by atoms with Crippen molar-refractivity contribution in [1.82, 2.24) is 0 Å². The molecule has 2 nitrogen and oxygen atoms in total. The zero-order valence-corrected chi connectivity index (χ0v) is 13.2. The number of halogens is 2. The Hall–Kier alpha value is -1.00. The minimum atomic E-state index is 0.766. The first-order valence-corrected chi connectivity index (χ1v) is 7.15. The maximum atomic E-state index is 5.74. The van der Waals surface area contributed by atoms with E-state index >= 15 is 0 Å². The van der Waals surface area contributed by atoms with E-state index in [0.717, 1.165) is 26.9 Å². The average Bonchev–Trinajstić information content (AvgIpc) is 2.32. The zero-order chi connectivity index (χ0) is 13.1. The summed E-state index contributed by atoms with van der Waals surface area (Å²) in [6, 6.07) is 14.2. The lowest BCUT2D eigenvalue weighted by Gasteiger charge is -2.21. The Morgan fingerprint density at radius 2 is 1.72 bits per heavy atom. The lowest BCUT2D eigenvalue weighted by Crippen LogP contribution is -2.16. The van der Waals surface area contributed by atoms with Crippen LogP contribution in [-0.2, 0) is 6.54 Å². The van der Waals surface area contributed by atoms with E-state index in [1.165, 1.54) is 5.56 Å². The van der Waals surface area contributed by atoms with Crippen LogP contribution >= 0.6 is 31.9 Å². The quantitative estimate of drug-likeness (QED) is 0.811. The fraction of sp³-hybridized carbons (Fsp3) is 0.143. The van der Waals surface area contributed by atoms with Gasteiger partial charge in [0.25, 0.3) is 0 Å². The molecule has 0 aromatic heterocycles. The number of nitrogens with zero attached hydrogens (tertiary/aromatic N) is 1. The minimum Gasteiger partial charge on any atom is -0.399 e. The molecule has 0 aliphatic heterocycles. The van der Waals surface area contributed by atoms with Crippen LogP contribution in [0.25, 0.3) is 0 Å². The summed E-state index contributed by atoms with van der Waals surface area (Å²) in [7, 11) is 2.07. The van der Waals surface area contributed by atoms with Crippen LogP contribution in [0.4, 0.5) is 11.4 Å². The second kappa shape index (κ2) is 5.76. The van der Waals surface area contributed by atoms with Crippen LogP contribution in [0.1, 0.15) is 5.56 Å². The monoisotopic (exact) mass is 368 g/mol. The van der Waals surface area contributed by atoms with Crippen molar-refractivity contribution >= 4 is 43.2 Å². The van der Waals surface area contributed by atoms with Crippen LogP contribution in [0.15, 0.2) is 51.4 Å². The zero-order valence-electron chi connectivity index (χ0n) is 10.0. The summed E-state index contributed by atoms with van der Waals surface area (Å²) < 4.78 is 2.12. The first-order chi connectivity index (χ1) is 8.56. The van der Waals surface area contributed by atoms with Gasteiger partial charge in [0.05, 0.1) is 5.69 Å². The van der Waals surface area contributed by atoms with E-state index in [9.17, 15) is 0 Å². The van der Waals surface area contributed by atoms with Gasteiger partial charge in [0.2, 0.25) is 0 Å². The lowest BCUT2D eigenvalue weighted by atomic mass is 10.2. The molecular weight excluding hydrogens is 356 g/mol. The second-order valence-corrected chi connectivity index (χ2v) is 5.96. The summed E-state index contributed by atoms with van der Waals surface area (Å²) in [6.07, 6.45) is 0. The van der Waals surface area contributed by atoms with Crippen molar-refractivity contribution < 1.29 is 0 Å². The van der Waals surface area contributed by atoms with E-state index < -0.39 is 0 Å². The molecule has 0 radical (unpaired) electrons. The predicted molar refractivity (Wildman–Crippen MR) is 84.8 cm³/mol. The standard InChI is InChI=1S/C14H14Br2N2/c1-18(9-10-2-4-11(15)5-3-10)14-7-6-12(17)8-13(14)16/h2-8H,9,17H2,1H3. The Labute approximate surface area is 124 Å². The first kappa shape index (κ1) is 13.4. The molecule has 2 N–H and O–H groups in total. The van der Waals surface area contributed by atoms with Crippen LogP contribution < -0.4 is 10.6 Å². The van der Waals surface area contributed by atoms with Crippen LogP contribution in [0.5, 0.6) is 0 Å². The largest absolute Gasteiger partial charge is 0.399 e. The fourth-order valence-electron chi connectivity index (χ4n) is 1.78. The molecule has 0 aliphatic carbocycles. The van der Waals surface area contributed by atoms with Crippen molar-refractivity contribution in [3.8, 4) is 0 Å². The van der Waals surface area contributed by atoms with Gasteiger partial charge in [-0.3, -0.25) is 0 Å². The average molecular weight is 370 g/mol. The normalized spacial score (nSPS) is 10.4. The highest BCUT2D eigenvalue weighted by Gasteiger charge is 2.06. The molecule has 0 saturated heterocycles. The van der Waals surface area contributed by atoms with Crippen molar-refractivity contribution in [3.63, 3.8) is 0 Å². The number of benzene rings is 2. The molecule has 0 spiro atoms. The van der Waals surface area contributed by atoms with E-state index in [1.807, 2.05) is 18.2 Å². The highest BCUT2D eigenvalue weighted by atomic mass is 79.9. The summed E-state index contributed by atoms with van der Waals surface area (Å²) >= 11 is 6.98. The van der Waals surface area contributed by atoms with Gasteiger partial charge in [-0.25, -0.2) is 0 Å². The SMILES string of the molecule is CN(Cc1ccc(Br)cc1)c1ccc(N)cc1Br. The molecule has 18 heavy (non-hydrogen) atoms. The third-order valence-corrected chi connectivity index (χ3v) is 3.88. The van der Waals surface area contributed by atoms with Gasteiger partial charge in [-0.1, -0.05) is 28.1 Å². The summed E-state index contributed by atoms with van der Waals surface area (Å²) in [4.78, 5) is 2.19. The number of nitrogen functional groups attached to an aromatic ring is 1. The van der Waals surface area contributed by atoms with Crippen molar-refractivity contribution in [2.24, 2.45) is 0 Å². The topological polar surface area (TPSA) is 29.3 Å². The van der Waals surface area contributed by atoms with Crippen molar-refractivity contribution in [3.05, 3.63) is 57.0 Å². The molecule has 94 valence electrons. The first-order valence-electron chi connectivity index (χ1n) is 5.57. The molecule has 0 bridgehead atoms. The van der Waals surface area contributed by atoms with Gasteiger partial charge in [-0.15, -0.1) is 0 Å². The summed E-state index contributed by atoms with van der Waals surface area (Å²) in [6.45, 7) is 0.857. The van der Waals surface area contributed by atoms with Crippen LogP contribution in [0.2, 0.25) is 0 Å². The highest BCUT2D eigenvalue weighted by molar-refractivity contribution is 9.10. The maximum Gasteiger partial charge on any atom is 0.0512 e. The van der Waals surface area contributed by atoms with Gasteiger partial charge < -0.3 is 10.6 Å². The molecule has 0 fully saturated rings. The predicted octanol–water partition coefficient (Wildman–Crippen LogP) is 4.43. The number of hydrogen-bond donors (Lipinski definition) is 1. The molecule has 2 rings (SSSR count). The Bertz CT molecular complexity index is 538. The van der Waals surface area contributed by atoms with Gasteiger partial charge in [-0.05, 0) is 51.8 Å². The molecule has 4 heteroatoms. The molecule has 0 amide bonds. The Morgan fingerprint density at radius 3 is 2.33 bits per heavy atom. The van der Waals surface area contributed by atoms with Crippen molar-refractivity contribution in [2.45, 2.75) is 6.54 Å². The van der Waals surface area contributed by atoms with E-state index in [2.05, 4.69) is 68.1 Å². The van der Waals surface area contributed by atoms with Crippen LogP contribution in [0.3, 0.4) is 0 Å². The van der Waals surface area contributed by atoms with Gasteiger partial charge in [0, 0.05) is 28.2 Å². The highest BCUT2D eigenvalue weighted by Crippen LogP contribution is 2.28. The summed E-state index contributed by atoms with van der Waals surface area (Å²) in [5.74, 6) is 0. The van der Waals surface area contributed by atoms with Gasteiger partial charge >= 0.3 is 0 Å². The number of anilines is 2. The van der Waals surface area contributed by atoms with E-state index in [-0.39, 0.29) is 0 Å². The lowest BCUT2D eigenvalue weighted by molar-refractivity contribution is 0.920. The molecule has 0 saturated carbocycles. The van der Waals surface area contributed by atoms with Crippen molar-refractivity contribution in [1.29, 1.82) is 0 Å². The Morgan fingerprint density at radius 1 is 1.06 bits per heavy atom. The summed E-state index contributed by atoms with van der Waals surface area (Å²) in [5.41, 5.74) is 8.91. The smallest absolute Gasteiger partial charge is 0.0512 e. The number of hydrogen-bond acceptors (Lipinski definition) is 2. The fourth-order valence-corrected chi connectivity index (χ4v) is 2.75.